The second-order valence-corrected chi connectivity index (χ2v) is 6.77. The summed E-state index contributed by atoms with van der Waals surface area (Å²) in [7, 11) is 3.34. The van der Waals surface area contributed by atoms with Crippen molar-refractivity contribution in [2.75, 3.05) is 27.3 Å². The number of ether oxygens (including phenoxy) is 3. The molecule has 0 spiro atoms. The number of hydrogen-bond acceptors (Lipinski definition) is 5. The van der Waals surface area contributed by atoms with E-state index in [2.05, 4.69) is 0 Å². The van der Waals surface area contributed by atoms with E-state index in [1.54, 1.807) is 67.6 Å². The first kappa shape index (κ1) is 21.7. The van der Waals surface area contributed by atoms with Gasteiger partial charge in [-0.3, -0.25) is 9.59 Å². The summed E-state index contributed by atoms with van der Waals surface area (Å²) >= 11 is 0. The van der Waals surface area contributed by atoms with E-state index in [0.717, 1.165) is 5.75 Å². The summed E-state index contributed by atoms with van der Waals surface area (Å²) in [6, 6.07) is 20.6. The predicted molar refractivity (Wildman–Crippen MR) is 117 cm³/mol. The van der Waals surface area contributed by atoms with Crippen molar-refractivity contribution in [1.29, 1.82) is 0 Å². The zero-order chi connectivity index (χ0) is 22.2. The molecule has 0 radical (unpaired) electrons. The number of primary amides is 1. The monoisotopic (exact) mass is 420 g/mol. The molecule has 0 aliphatic heterocycles. The van der Waals surface area contributed by atoms with Crippen molar-refractivity contribution in [1.82, 2.24) is 4.90 Å². The SMILES string of the molecule is COc1ccc(OCCN(C)C(=O)c2ccc(Oc3ccc(C(N)=O)cc3)cc2)cc1. The third-order valence-electron chi connectivity index (χ3n) is 4.58. The lowest BCUT2D eigenvalue weighted by Gasteiger charge is -2.18. The third-order valence-corrected chi connectivity index (χ3v) is 4.58. The summed E-state index contributed by atoms with van der Waals surface area (Å²) in [6.45, 7) is 0.812. The molecule has 0 aliphatic carbocycles. The molecule has 0 unspecified atom stereocenters. The van der Waals surface area contributed by atoms with Crippen LogP contribution in [0.25, 0.3) is 0 Å². The Kier molecular flexibility index (Phi) is 7.11. The normalized spacial score (nSPS) is 10.3. The van der Waals surface area contributed by atoms with E-state index in [1.165, 1.54) is 0 Å². The van der Waals surface area contributed by atoms with Crippen molar-refractivity contribution >= 4 is 11.8 Å². The van der Waals surface area contributed by atoms with E-state index in [9.17, 15) is 9.59 Å². The zero-order valence-electron chi connectivity index (χ0n) is 17.4. The van der Waals surface area contributed by atoms with Crippen LogP contribution in [0.4, 0.5) is 0 Å². The van der Waals surface area contributed by atoms with Gasteiger partial charge in [0.2, 0.25) is 5.91 Å². The van der Waals surface area contributed by atoms with Gasteiger partial charge in [-0.15, -0.1) is 0 Å². The molecule has 2 amide bonds. The van der Waals surface area contributed by atoms with E-state index in [-0.39, 0.29) is 5.91 Å². The molecule has 0 aromatic heterocycles. The average molecular weight is 420 g/mol. The Morgan fingerprint density at radius 1 is 0.774 bits per heavy atom. The molecule has 7 heteroatoms. The van der Waals surface area contributed by atoms with Gasteiger partial charge in [-0.2, -0.15) is 0 Å². The van der Waals surface area contributed by atoms with Gasteiger partial charge >= 0.3 is 0 Å². The Balaban J connectivity index is 1.50. The summed E-state index contributed by atoms with van der Waals surface area (Å²) < 4.78 is 16.5. The Labute approximate surface area is 180 Å². The van der Waals surface area contributed by atoms with Gasteiger partial charge in [-0.05, 0) is 72.8 Å². The van der Waals surface area contributed by atoms with Crippen LogP contribution >= 0.6 is 0 Å². The fourth-order valence-electron chi connectivity index (χ4n) is 2.78. The van der Waals surface area contributed by atoms with Crippen LogP contribution in [0.3, 0.4) is 0 Å². The van der Waals surface area contributed by atoms with Gasteiger partial charge in [0, 0.05) is 18.2 Å². The largest absolute Gasteiger partial charge is 0.497 e. The van der Waals surface area contributed by atoms with Gasteiger partial charge < -0.3 is 24.8 Å². The highest BCUT2D eigenvalue weighted by molar-refractivity contribution is 5.94. The molecule has 2 N–H and O–H groups in total. The molecule has 3 rings (SSSR count). The number of carbonyl (C=O) groups excluding carboxylic acids is 2. The second-order valence-electron chi connectivity index (χ2n) is 6.77. The summed E-state index contributed by atoms with van der Waals surface area (Å²) in [4.78, 5) is 25.3. The van der Waals surface area contributed by atoms with Crippen LogP contribution in [0.2, 0.25) is 0 Å². The van der Waals surface area contributed by atoms with Gasteiger partial charge in [0.1, 0.15) is 29.6 Å². The number of rotatable bonds is 9. The van der Waals surface area contributed by atoms with Crippen LogP contribution in [0.5, 0.6) is 23.0 Å². The van der Waals surface area contributed by atoms with Crippen molar-refractivity contribution in [2.45, 2.75) is 0 Å². The zero-order valence-corrected chi connectivity index (χ0v) is 17.4. The molecular weight excluding hydrogens is 396 g/mol. The van der Waals surface area contributed by atoms with Crippen LogP contribution in [-0.4, -0.2) is 44.0 Å². The van der Waals surface area contributed by atoms with Crippen molar-refractivity contribution < 1.29 is 23.8 Å². The van der Waals surface area contributed by atoms with Crippen LogP contribution in [-0.2, 0) is 0 Å². The fraction of sp³-hybridized carbons (Fsp3) is 0.167. The Morgan fingerprint density at radius 2 is 1.26 bits per heavy atom. The highest BCUT2D eigenvalue weighted by Crippen LogP contribution is 2.22. The van der Waals surface area contributed by atoms with Gasteiger partial charge in [0.15, 0.2) is 0 Å². The van der Waals surface area contributed by atoms with Crippen LogP contribution in [0, 0.1) is 0 Å². The number of benzene rings is 3. The number of likely N-dealkylation sites (N-methyl/N-ethyl adjacent to an activating group) is 1. The van der Waals surface area contributed by atoms with Gasteiger partial charge in [0.05, 0.1) is 13.7 Å². The summed E-state index contributed by atoms with van der Waals surface area (Å²) in [6.07, 6.45) is 0. The number of carbonyl (C=O) groups is 2. The van der Waals surface area contributed by atoms with Crippen molar-refractivity contribution in [3.8, 4) is 23.0 Å². The maximum Gasteiger partial charge on any atom is 0.253 e. The molecule has 160 valence electrons. The number of hydrogen-bond donors (Lipinski definition) is 1. The maximum absolute atomic E-state index is 12.6. The number of methoxy groups -OCH3 is 1. The van der Waals surface area contributed by atoms with Crippen molar-refractivity contribution in [3.63, 3.8) is 0 Å². The van der Waals surface area contributed by atoms with Crippen LogP contribution in [0.1, 0.15) is 20.7 Å². The molecule has 0 saturated heterocycles. The standard InChI is InChI=1S/C24H24N2O5/c1-26(15-16-30-20-13-11-19(29-2)12-14-20)24(28)18-5-9-22(10-6-18)31-21-7-3-17(4-8-21)23(25)27/h3-14H,15-16H2,1-2H3,(H2,25,27). The summed E-state index contributed by atoms with van der Waals surface area (Å²) in [5.74, 6) is 2.01. The lowest BCUT2D eigenvalue weighted by atomic mass is 10.2. The minimum absolute atomic E-state index is 0.115. The quantitative estimate of drug-likeness (QED) is 0.569. The molecule has 0 atom stereocenters. The Hall–Kier alpha value is -4.00. The molecular formula is C24H24N2O5. The average Bonchev–Trinajstić information content (AvgIpc) is 2.80. The van der Waals surface area contributed by atoms with Crippen molar-refractivity contribution in [3.05, 3.63) is 83.9 Å². The third kappa shape index (κ3) is 5.99. The molecule has 0 aliphatic rings. The first-order chi connectivity index (χ1) is 15.0. The summed E-state index contributed by atoms with van der Waals surface area (Å²) in [5, 5.41) is 0. The number of amides is 2. The number of nitrogens with two attached hydrogens (primary N) is 1. The first-order valence-electron chi connectivity index (χ1n) is 9.66. The van der Waals surface area contributed by atoms with Crippen LogP contribution in [0.15, 0.2) is 72.8 Å². The predicted octanol–water partition coefficient (Wildman–Crippen LogP) is 3.74. The molecule has 0 fully saturated rings. The van der Waals surface area contributed by atoms with Crippen molar-refractivity contribution in [2.24, 2.45) is 5.73 Å². The highest BCUT2D eigenvalue weighted by Gasteiger charge is 2.12. The molecule has 3 aromatic carbocycles. The highest BCUT2D eigenvalue weighted by atomic mass is 16.5. The molecule has 0 bridgehead atoms. The lowest BCUT2D eigenvalue weighted by molar-refractivity contribution is 0.0773. The lowest BCUT2D eigenvalue weighted by Crippen LogP contribution is -2.30. The molecule has 3 aromatic rings. The molecule has 0 saturated carbocycles. The second kappa shape index (κ2) is 10.2. The molecule has 31 heavy (non-hydrogen) atoms. The van der Waals surface area contributed by atoms with E-state index in [4.69, 9.17) is 19.9 Å². The Bertz CT molecular complexity index is 1020. The number of nitrogens with zero attached hydrogens (tertiary/aromatic N) is 1. The summed E-state index contributed by atoms with van der Waals surface area (Å²) in [5.41, 5.74) is 6.18. The van der Waals surface area contributed by atoms with Crippen LogP contribution < -0.4 is 19.9 Å². The van der Waals surface area contributed by atoms with Gasteiger partial charge in [-0.1, -0.05) is 0 Å². The van der Waals surface area contributed by atoms with Gasteiger partial charge in [0.25, 0.3) is 5.91 Å². The minimum atomic E-state index is -0.493. The van der Waals surface area contributed by atoms with E-state index in [1.807, 2.05) is 24.3 Å². The van der Waals surface area contributed by atoms with Gasteiger partial charge in [-0.25, -0.2) is 0 Å². The maximum atomic E-state index is 12.6. The molecule has 0 heterocycles. The smallest absolute Gasteiger partial charge is 0.253 e. The van der Waals surface area contributed by atoms with E-state index < -0.39 is 5.91 Å². The molecule has 7 nitrogen and oxygen atoms in total. The fourth-order valence-corrected chi connectivity index (χ4v) is 2.78. The minimum Gasteiger partial charge on any atom is -0.497 e. The van der Waals surface area contributed by atoms with E-state index >= 15 is 0 Å². The topological polar surface area (TPSA) is 91.1 Å². The van der Waals surface area contributed by atoms with E-state index in [0.29, 0.717) is 41.5 Å². The Morgan fingerprint density at radius 3 is 1.77 bits per heavy atom. The first-order valence-corrected chi connectivity index (χ1v) is 9.66.